The number of halogens is 1. The Morgan fingerprint density at radius 1 is 1.38 bits per heavy atom. The lowest BCUT2D eigenvalue weighted by Crippen LogP contribution is -2.27. The van der Waals surface area contributed by atoms with E-state index in [4.69, 9.17) is 5.73 Å². The first-order valence-corrected chi connectivity index (χ1v) is 5.83. The number of pyridine rings is 1. The van der Waals surface area contributed by atoms with E-state index >= 15 is 0 Å². The minimum absolute atomic E-state index is 0.0870. The molecule has 108 valence electrons. The molecule has 0 aliphatic rings. The fourth-order valence-corrected chi connectivity index (χ4v) is 1.70. The normalized spacial score (nSPS) is 10.2. The molecule has 2 rings (SSSR count). The van der Waals surface area contributed by atoms with Gasteiger partial charge in [-0.15, -0.1) is 0 Å². The van der Waals surface area contributed by atoms with Gasteiger partial charge in [-0.25, -0.2) is 9.37 Å². The van der Waals surface area contributed by atoms with E-state index in [2.05, 4.69) is 4.98 Å². The van der Waals surface area contributed by atoms with Crippen LogP contribution in [0, 0.1) is 15.9 Å². The van der Waals surface area contributed by atoms with E-state index in [-0.39, 0.29) is 17.1 Å². The molecule has 1 heterocycles. The zero-order valence-electron chi connectivity index (χ0n) is 11.0. The van der Waals surface area contributed by atoms with Crippen LogP contribution in [0.15, 0.2) is 36.5 Å². The monoisotopic (exact) mass is 290 g/mol. The molecule has 2 aromatic rings. The van der Waals surface area contributed by atoms with Gasteiger partial charge >= 0.3 is 0 Å². The fraction of sp³-hybridized carbons (Fsp3) is 0.0769. The molecule has 1 aromatic heterocycles. The first kappa shape index (κ1) is 14.4. The van der Waals surface area contributed by atoms with Gasteiger partial charge in [-0.2, -0.15) is 0 Å². The summed E-state index contributed by atoms with van der Waals surface area (Å²) in [5, 5.41) is 10.7. The number of rotatable bonds is 3. The van der Waals surface area contributed by atoms with Crippen molar-refractivity contribution < 1.29 is 14.1 Å². The number of aromatic nitrogens is 1. The Morgan fingerprint density at radius 2 is 2.00 bits per heavy atom. The molecule has 0 bridgehead atoms. The number of nitro groups is 1. The van der Waals surface area contributed by atoms with Crippen molar-refractivity contribution in [2.24, 2.45) is 0 Å². The summed E-state index contributed by atoms with van der Waals surface area (Å²) in [4.78, 5) is 27.2. The maximum atomic E-state index is 12.9. The van der Waals surface area contributed by atoms with Crippen molar-refractivity contribution in [1.82, 2.24) is 4.98 Å². The number of hydrogen-bond acceptors (Lipinski definition) is 5. The summed E-state index contributed by atoms with van der Waals surface area (Å²) >= 11 is 0. The van der Waals surface area contributed by atoms with E-state index in [0.29, 0.717) is 5.69 Å². The SMILES string of the molecule is CN(C(=O)c1cc([N+](=O)[O-])cnc1N)c1ccc(F)cc1. The average Bonchev–Trinajstić information content (AvgIpc) is 2.47. The quantitative estimate of drug-likeness (QED) is 0.687. The highest BCUT2D eigenvalue weighted by atomic mass is 19.1. The maximum Gasteiger partial charge on any atom is 0.288 e. The number of carbonyl (C=O) groups excluding carboxylic acids is 1. The van der Waals surface area contributed by atoms with Gasteiger partial charge in [0.05, 0.1) is 10.5 Å². The van der Waals surface area contributed by atoms with E-state index in [1.807, 2.05) is 0 Å². The predicted octanol–water partition coefficient (Wildman–Crippen LogP) is 1.99. The molecule has 0 radical (unpaired) electrons. The van der Waals surface area contributed by atoms with E-state index in [9.17, 15) is 19.3 Å². The topological polar surface area (TPSA) is 102 Å². The molecule has 0 aliphatic carbocycles. The van der Waals surface area contributed by atoms with Crippen LogP contribution >= 0.6 is 0 Å². The van der Waals surface area contributed by atoms with Crippen molar-refractivity contribution in [3.05, 3.63) is 58.0 Å². The molecule has 0 fully saturated rings. The molecule has 0 spiro atoms. The largest absolute Gasteiger partial charge is 0.383 e. The third kappa shape index (κ3) is 2.94. The number of carbonyl (C=O) groups is 1. The molecule has 2 N–H and O–H groups in total. The summed E-state index contributed by atoms with van der Waals surface area (Å²) in [6.07, 6.45) is 0.976. The Morgan fingerprint density at radius 3 is 2.57 bits per heavy atom. The summed E-state index contributed by atoms with van der Waals surface area (Å²) in [5.74, 6) is -1.12. The van der Waals surface area contributed by atoms with Crippen LogP contribution in [0.4, 0.5) is 21.6 Å². The molecular formula is C13H11FN4O3. The number of benzene rings is 1. The first-order chi connectivity index (χ1) is 9.90. The van der Waals surface area contributed by atoms with E-state index < -0.39 is 16.6 Å². The van der Waals surface area contributed by atoms with Gasteiger partial charge in [0.25, 0.3) is 11.6 Å². The Hall–Kier alpha value is -3.03. The third-order valence-electron chi connectivity index (χ3n) is 2.86. The Labute approximate surface area is 119 Å². The van der Waals surface area contributed by atoms with Gasteiger partial charge in [0, 0.05) is 18.8 Å². The predicted molar refractivity (Wildman–Crippen MR) is 74.4 cm³/mol. The van der Waals surface area contributed by atoms with Crippen LogP contribution in [0.1, 0.15) is 10.4 Å². The minimum Gasteiger partial charge on any atom is -0.383 e. The average molecular weight is 290 g/mol. The van der Waals surface area contributed by atoms with Gasteiger partial charge in [0.2, 0.25) is 0 Å². The van der Waals surface area contributed by atoms with Crippen molar-refractivity contribution >= 4 is 23.1 Å². The molecule has 0 unspecified atom stereocenters. The Balaban J connectivity index is 2.37. The molecule has 7 nitrogen and oxygen atoms in total. The Bertz CT molecular complexity index is 703. The lowest BCUT2D eigenvalue weighted by Gasteiger charge is -2.17. The van der Waals surface area contributed by atoms with Crippen LogP contribution < -0.4 is 10.6 Å². The van der Waals surface area contributed by atoms with Crippen LogP contribution in [0.2, 0.25) is 0 Å². The molecule has 1 amide bonds. The number of nitrogens with zero attached hydrogens (tertiary/aromatic N) is 3. The molecular weight excluding hydrogens is 279 g/mol. The maximum absolute atomic E-state index is 12.9. The van der Waals surface area contributed by atoms with E-state index in [1.165, 1.54) is 36.2 Å². The molecule has 1 aromatic carbocycles. The fourth-order valence-electron chi connectivity index (χ4n) is 1.70. The highest BCUT2D eigenvalue weighted by molar-refractivity contribution is 6.08. The van der Waals surface area contributed by atoms with Crippen LogP contribution in [0.5, 0.6) is 0 Å². The number of nitrogen functional groups attached to an aromatic ring is 1. The van der Waals surface area contributed by atoms with Gasteiger partial charge in [0.15, 0.2) is 0 Å². The number of nitrogens with two attached hydrogens (primary N) is 1. The van der Waals surface area contributed by atoms with Crippen molar-refractivity contribution in [2.75, 3.05) is 17.7 Å². The van der Waals surface area contributed by atoms with Gasteiger partial charge in [-0.3, -0.25) is 14.9 Å². The molecule has 0 saturated carbocycles. The molecule has 8 heteroatoms. The van der Waals surface area contributed by atoms with E-state index in [1.54, 1.807) is 0 Å². The van der Waals surface area contributed by atoms with E-state index in [0.717, 1.165) is 12.3 Å². The van der Waals surface area contributed by atoms with Crippen molar-refractivity contribution in [2.45, 2.75) is 0 Å². The van der Waals surface area contributed by atoms with Gasteiger partial charge < -0.3 is 10.6 Å². The van der Waals surface area contributed by atoms with Crippen LogP contribution in [0.25, 0.3) is 0 Å². The first-order valence-electron chi connectivity index (χ1n) is 5.83. The number of hydrogen-bond donors (Lipinski definition) is 1. The highest BCUT2D eigenvalue weighted by Gasteiger charge is 2.20. The second kappa shape index (κ2) is 5.53. The van der Waals surface area contributed by atoms with Crippen LogP contribution in [-0.2, 0) is 0 Å². The van der Waals surface area contributed by atoms with Crippen molar-refractivity contribution in [3.8, 4) is 0 Å². The zero-order chi connectivity index (χ0) is 15.6. The van der Waals surface area contributed by atoms with Crippen LogP contribution in [-0.4, -0.2) is 22.9 Å². The summed E-state index contributed by atoms with van der Waals surface area (Å²) in [5.41, 5.74) is 5.59. The van der Waals surface area contributed by atoms with Gasteiger partial charge in [-0.1, -0.05) is 0 Å². The summed E-state index contributed by atoms with van der Waals surface area (Å²) < 4.78 is 12.9. The summed E-state index contributed by atoms with van der Waals surface area (Å²) in [7, 11) is 1.45. The van der Waals surface area contributed by atoms with Crippen LogP contribution in [0.3, 0.4) is 0 Å². The highest BCUT2D eigenvalue weighted by Crippen LogP contribution is 2.21. The molecule has 0 saturated heterocycles. The summed E-state index contributed by atoms with van der Waals surface area (Å²) in [6, 6.07) is 6.29. The summed E-state index contributed by atoms with van der Waals surface area (Å²) in [6.45, 7) is 0. The molecule has 21 heavy (non-hydrogen) atoms. The molecule has 0 atom stereocenters. The second-order valence-electron chi connectivity index (χ2n) is 4.22. The lowest BCUT2D eigenvalue weighted by atomic mass is 10.2. The third-order valence-corrected chi connectivity index (χ3v) is 2.86. The van der Waals surface area contributed by atoms with Crippen molar-refractivity contribution in [1.29, 1.82) is 0 Å². The van der Waals surface area contributed by atoms with Gasteiger partial charge in [0.1, 0.15) is 17.8 Å². The second-order valence-corrected chi connectivity index (χ2v) is 4.22. The van der Waals surface area contributed by atoms with Gasteiger partial charge in [-0.05, 0) is 24.3 Å². The smallest absolute Gasteiger partial charge is 0.288 e. The van der Waals surface area contributed by atoms with Crippen molar-refractivity contribution in [3.63, 3.8) is 0 Å². The molecule has 0 aliphatic heterocycles. The Kier molecular flexibility index (Phi) is 3.79. The minimum atomic E-state index is -0.666. The lowest BCUT2D eigenvalue weighted by molar-refractivity contribution is -0.385. The number of amides is 1. The standard InChI is InChI=1S/C13H11FN4O3/c1-17(9-4-2-8(14)3-5-9)13(19)11-6-10(18(20)21)7-16-12(11)15/h2-7H,1H3,(H2,15,16). The zero-order valence-corrected chi connectivity index (χ0v) is 11.0. The number of anilines is 2.